The summed E-state index contributed by atoms with van der Waals surface area (Å²) in [5.74, 6) is 0.0881. The molecule has 0 aliphatic carbocycles. The average Bonchev–Trinajstić information content (AvgIpc) is 2.62. The van der Waals surface area contributed by atoms with Gasteiger partial charge in [-0.1, -0.05) is 6.92 Å². The fourth-order valence-corrected chi connectivity index (χ4v) is 2.67. The van der Waals surface area contributed by atoms with Crippen LogP contribution in [0.15, 0.2) is 12.1 Å². The van der Waals surface area contributed by atoms with Gasteiger partial charge in [-0.2, -0.15) is 0 Å². The van der Waals surface area contributed by atoms with Crippen LogP contribution in [-0.2, 0) is 4.74 Å². The van der Waals surface area contributed by atoms with Crippen LogP contribution in [0.5, 0.6) is 0 Å². The van der Waals surface area contributed by atoms with E-state index >= 15 is 0 Å². The van der Waals surface area contributed by atoms with Crippen LogP contribution in [0.25, 0.3) is 0 Å². The van der Waals surface area contributed by atoms with E-state index < -0.39 is 6.10 Å². The minimum Gasteiger partial charge on any atom is -0.386 e. The van der Waals surface area contributed by atoms with Gasteiger partial charge < -0.3 is 9.84 Å². The first-order chi connectivity index (χ1) is 8.00. The second-order valence-electron chi connectivity index (χ2n) is 5.00. The summed E-state index contributed by atoms with van der Waals surface area (Å²) in [7, 11) is 0. The summed E-state index contributed by atoms with van der Waals surface area (Å²) in [5.41, 5.74) is 2.39. The van der Waals surface area contributed by atoms with Gasteiger partial charge in [-0.3, -0.25) is 0 Å². The number of aliphatic hydroxyl groups is 1. The molecule has 94 valence electrons. The van der Waals surface area contributed by atoms with Crippen molar-refractivity contribution in [2.75, 3.05) is 6.61 Å². The fourth-order valence-electron chi connectivity index (χ4n) is 2.67. The van der Waals surface area contributed by atoms with Gasteiger partial charge in [-0.25, -0.2) is 4.39 Å². The summed E-state index contributed by atoms with van der Waals surface area (Å²) in [5, 5.41) is 10.4. The van der Waals surface area contributed by atoms with Crippen LogP contribution in [0.1, 0.15) is 36.1 Å². The standard InChI is InChI=1S/C14H19FO2/c1-8-4-5-17-14(8)13(16)12-9(2)6-11(15)7-10(12)3/h6-8,13-14,16H,4-5H2,1-3H3. The molecule has 3 unspecified atom stereocenters. The van der Waals surface area contributed by atoms with Crippen LogP contribution in [0.2, 0.25) is 0 Å². The highest BCUT2D eigenvalue weighted by Crippen LogP contribution is 2.34. The number of halogens is 1. The summed E-state index contributed by atoms with van der Waals surface area (Å²) in [4.78, 5) is 0. The van der Waals surface area contributed by atoms with E-state index in [1.54, 1.807) is 0 Å². The molecule has 1 aliphatic rings. The molecular formula is C14H19FO2. The van der Waals surface area contributed by atoms with Crippen molar-refractivity contribution in [3.63, 3.8) is 0 Å². The summed E-state index contributed by atoms with van der Waals surface area (Å²) in [6, 6.07) is 2.93. The van der Waals surface area contributed by atoms with E-state index in [0.29, 0.717) is 12.5 Å². The van der Waals surface area contributed by atoms with Crippen LogP contribution >= 0.6 is 0 Å². The largest absolute Gasteiger partial charge is 0.386 e. The number of hydrogen-bond donors (Lipinski definition) is 1. The Morgan fingerprint density at radius 3 is 2.41 bits per heavy atom. The Labute approximate surface area is 101 Å². The van der Waals surface area contributed by atoms with Gasteiger partial charge in [0, 0.05) is 6.61 Å². The Morgan fingerprint density at radius 2 is 1.94 bits per heavy atom. The van der Waals surface area contributed by atoms with Gasteiger partial charge in [0.25, 0.3) is 0 Å². The van der Waals surface area contributed by atoms with Crippen molar-refractivity contribution < 1.29 is 14.2 Å². The lowest BCUT2D eigenvalue weighted by atomic mass is 9.90. The Balaban J connectivity index is 2.33. The number of ether oxygens (including phenoxy) is 1. The van der Waals surface area contributed by atoms with E-state index in [0.717, 1.165) is 23.1 Å². The normalized spacial score (nSPS) is 26.2. The maximum atomic E-state index is 13.2. The second-order valence-corrected chi connectivity index (χ2v) is 5.00. The molecule has 1 fully saturated rings. The first kappa shape index (κ1) is 12.5. The molecule has 0 spiro atoms. The van der Waals surface area contributed by atoms with E-state index in [1.165, 1.54) is 12.1 Å². The molecular weight excluding hydrogens is 219 g/mol. The molecule has 17 heavy (non-hydrogen) atoms. The highest BCUT2D eigenvalue weighted by atomic mass is 19.1. The van der Waals surface area contributed by atoms with Crippen LogP contribution in [0.3, 0.4) is 0 Å². The van der Waals surface area contributed by atoms with Crippen molar-refractivity contribution in [3.05, 3.63) is 34.6 Å². The van der Waals surface area contributed by atoms with Crippen LogP contribution in [0.4, 0.5) is 4.39 Å². The topological polar surface area (TPSA) is 29.5 Å². The number of aryl methyl sites for hydroxylation is 2. The number of aliphatic hydroxyl groups excluding tert-OH is 1. The molecule has 3 heteroatoms. The lowest BCUT2D eigenvalue weighted by Crippen LogP contribution is -2.24. The third-order valence-electron chi connectivity index (χ3n) is 3.61. The molecule has 0 saturated carbocycles. The van der Waals surface area contributed by atoms with Crippen molar-refractivity contribution in [2.24, 2.45) is 5.92 Å². The molecule has 2 rings (SSSR count). The van der Waals surface area contributed by atoms with Crippen LogP contribution in [-0.4, -0.2) is 17.8 Å². The summed E-state index contributed by atoms with van der Waals surface area (Å²) in [6.07, 6.45) is 0.145. The predicted octanol–water partition coefficient (Wildman–Crippen LogP) is 2.90. The molecule has 1 aromatic rings. The van der Waals surface area contributed by atoms with Crippen molar-refractivity contribution in [1.82, 2.24) is 0 Å². The van der Waals surface area contributed by atoms with Crippen LogP contribution < -0.4 is 0 Å². The Bertz CT molecular complexity index is 394. The predicted molar refractivity (Wildman–Crippen MR) is 64.4 cm³/mol. The first-order valence-electron chi connectivity index (χ1n) is 6.07. The molecule has 1 heterocycles. The van der Waals surface area contributed by atoms with E-state index in [1.807, 2.05) is 13.8 Å². The van der Waals surface area contributed by atoms with Gasteiger partial charge in [0.2, 0.25) is 0 Å². The van der Waals surface area contributed by atoms with E-state index in [2.05, 4.69) is 6.92 Å². The third-order valence-corrected chi connectivity index (χ3v) is 3.61. The Morgan fingerprint density at radius 1 is 1.35 bits per heavy atom. The maximum Gasteiger partial charge on any atom is 0.123 e. The van der Waals surface area contributed by atoms with Crippen molar-refractivity contribution in [3.8, 4) is 0 Å². The van der Waals surface area contributed by atoms with Gasteiger partial charge in [0.1, 0.15) is 11.9 Å². The SMILES string of the molecule is Cc1cc(F)cc(C)c1C(O)C1OCCC1C. The molecule has 3 atom stereocenters. The molecule has 0 amide bonds. The lowest BCUT2D eigenvalue weighted by Gasteiger charge is -2.24. The summed E-state index contributed by atoms with van der Waals surface area (Å²) >= 11 is 0. The van der Waals surface area contributed by atoms with Gasteiger partial charge in [-0.15, -0.1) is 0 Å². The van der Waals surface area contributed by atoms with Gasteiger partial charge >= 0.3 is 0 Å². The van der Waals surface area contributed by atoms with Crippen molar-refractivity contribution in [2.45, 2.75) is 39.4 Å². The highest BCUT2D eigenvalue weighted by Gasteiger charge is 2.33. The Kier molecular flexibility index (Phi) is 3.50. The first-order valence-corrected chi connectivity index (χ1v) is 6.07. The quantitative estimate of drug-likeness (QED) is 0.858. The minimum absolute atomic E-state index is 0.169. The molecule has 0 aromatic heterocycles. The Hall–Kier alpha value is -0.930. The lowest BCUT2D eigenvalue weighted by molar-refractivity contribution is -0.0184. The molecule has 1 aliphatic heterocycles. The van der Waals surface area contributed by atoms with Gasteiger partial charge in [0.05, 0.1) is 6.10 Å². The third kappa shape index (κ3) is 2.35. The number of hydrogen-bond acceptors (Lipinski definition) is 2. The molecule has 0 radical (unpaired) electrons. The van der Waals surface area contributed by atoms with E-state index in [4.69, 9.17) is 4.74 Å². The van der Waals surface area contributed by atoms with E-state index in [9.17, 15) is 9.50 Å². The average molecular weight is 238 g/mol. The summed E-state index contributed by atoms with van der Waals surface area (Å²) in [6.45, 7) is 6.43. The monoisotopic (exact) mass is 238 g/mol. The molecule has 2 nitrogen and oxygen atoms in total. The van der Waals surface area contributed by atoms with Crippen LogP contribution in [0, 0.1) is 25.6 Å². The van der Waals surface area contributed by atoms with Crippen molar-refractivity contribution in [1.29, 1.82) is 0 Å². The molecule has 0 bridgehead atoms. The van der Waals surface area contributed by atoms with Gasteiger partial charge in [0.15, 0.2) is 0 Å². The zero-order valence-corrected chi connectivity index (χ0v) is 10.5. The zero-order chi connectivity index (χ0) is 12.6. The van der Waals surface area contributed by atoms with Crippen molar-refractivity contribution >= 4 is 0 Å². The number of benzene rings is 1. The second kappa shape index (κ2) is 4.75. The molecule has 1 N–H and O–H groups in total. The zero-order valence-electron chi connectivity index (χ0n) is 10.5. The smallest absolute Gasteiger partial charge is 0.123 e. The number of rotatable bonds is 2. The molecule has 1 aromatic carbocycles. The minimum atomic E-state index is -0.659. The molecule has 1 saturated heterocycles. The summed E-state index contributed by atoms with van der Waals surface area (Å²) < 4.78 is 18.8. The van der Waals surface area contributed by atoms with E-state index in [-0.39, 0.29) is 11.9 Å². The highest BCUT2D eigenvalue weighted by molar-refractivity contribution is 5.36. The maximum absolute atomic E-state index is 13.2. The van der Waals surface area contributed by atoms with Gasteiger partial charge in [-0.05, 0) is 55.0 Å². The fraction of sp³-hybridized carbons (Fsp3) is 0.571.